The molecule has 0 aromatic heterocycles. The van der Waals surface area contributed by atoms with Gasteiger partial charge in [-0.05, 0) is 86.8 Å². The molecule has 140 valence electrons. The van der Waals surface area contributed by atoms with Gasteiger partial charge in [0.25, 0.3) is 0 Å². The molecule has 1 aromatic carbocycles. The minimum atomic E-state index is 0.557. The van der Waals surface area contributed by atoms with E-state index in [4.69, 9.17) is 9.47 Å². The van der Waals surface area contributed by atoms with Gasteiger partial charge >= 0.3 is 0 Å². The molecule has 1 aliphatic heterocycles. The van der Waals surface area contributed by atoms with Crippen molar-refractivity contribution in [3.05, 3.63) is 29.8 Å². The van der Waals surface area contributed by atoms with E-state index in [2.05, 4.69) is 31.2 Å². The molecule has 2 unspecified atom stereocenters. The van der Waals surface area contributed by atoms with Gasteiger partial charge in [-0.3, -0.25) is 0 Å². The molecule has 2 atom stereocenters. The van der Waals surface area contributed by atoms with Crippen molar-refractivity contribution in [1.29, 1.82) is 0 Å². The third kappa shape index (κ3) is 5.48. The van der Waals surface area contributed by atoms with E-state index in [-0.39, 0.29) is 0 Å². The van der Waals surface area contributed by atoms with Crippen molar-refractivity contribution in [1.82, 2.24) is 0 Å². The Balaban J connectivity index is 1.35. The molecule has 1 aliphatic carbocycles. The van der Waals surface area contributed by atoms with Gasteiger partial charge in [0, 0.05) is 6.61 Å². The summed E-state index contributed by atoms with van der Waals surface area (Å²) < 4.78 is 11.3. The first-order valence-corrected chi connectivity index (χ1v) is 10.5. The lowest BCUT2D eigenvalue weighted by Crippen LogP contribution is -2.26. The third-order valence-electron chi connectivity index (χ3n) is 6.49. The van der Waals surface area contributed by atoms with E-state index in [1.54, 1.807) is 7.11 Å². The quantitative estimate of drug-likeness (QED) is 0.574. The molecule has 2 fully saturated rings. The molecule has 2 nitrogen and oxygen atoms in total. The highest BCUT2D eigenvalue weighted by Gasteiger charge is 2.25. The predicted octanol–water partition coefficient (Wildman–Crippen LogP) is 6.34. The maximum absolute atomic E-state index is 6.05. The first-order valence-electron chi connectivity index (χ1n) is 10.5. The zero-order chi connectivity index (χ0) is 17.5. The minimum absolute atomic E-state index is 0.557. The van der Waals surface area contributed by atoms with Gasteiger partial charge in [0.2, 0.25) is 0 Å². The number of ether oxygens (including phenoxy) is 2. The molecule has 2 aliphatic rings. The fourth-order valence-electron chi connectivity index (χ4n) is 4.77. The molecule has 1 aromatic rings. The summed E-state index contributed by atoms with van der Waals surface area (Å²) >= 11 is 0. The zero-order valence-corrected chi connectivity index (χ0v) is 16.2. The lowest BCUT2D eigenvalue weighted by molar-refractivity contribution is -0.0236. The molecule has 25 heavy (non-hydrogen) atoms. The van der Waals surface area contributed by atoms with Crippen LogP contribution in [0.2, 0.25) is 0 Å². The van der Waals surface area contributed by atoms with E-state index in [0.29, 0.717) is 6.10 Å². The summed E-state index contributed by atoms with van der Waals surface area (Å²) in [4.78, 5) is 0. The lowest BCUT2D eigenvalue weighted by atomic mass is 9.76. The summed E-state index contributed by atoms with van der Waals surface area (Å²) in [6.07, 6.45) is 14.1. The molecule has 0 radical (unpaired) electrons. The summed E-state index contributed by atoms with van der Waals surface area (Å²) in [5, 5.41) is 0. The average Bonchev–Trinajstić information content (AvgIpc) is 2.68. The van der Waals surface area contributed by atoms with Gasteiger partial charge in [0.05, 0.1) is 13.2 Å². The Kier molecular flexibility index (Phi) is 7.22. The fourth-order valence-corrected chi connectivity index (χ4v) is 4.77. The molecule has 2 heteroatoms. The van der Waals surface area contributed by atoms with Crippen molar-refractivity contribution in [2.24, 2.45) is 11.8 Å². The van der Waals surface area contributed by atoms with Crippen LogP contribution in [0.25, 0.3) is 0 Å². The zero-order valence-electron chi connectivity index (χ0n) is 16.2. The fraction of sp³-hybridized carbons (Fsp3) is 0.739. The van der Waals surface area contributed by atoms with E-state index < -0.39 is 0 Å². The maximum Gasteiger partial charge on any atom is 0.118 e. The van der Waals surface area contributed by atoms with Crippen LogP contribution in [0.3, 0.4) is 0 Å². The van der Waals surface area contributed by atoms with E-state index in [9.17, 15) is 0 Å². The average molecular weight is 345 g/mol. The molecule has 1 saturated carbocycles. The van der Waals surface area contributed by atoms with Crippen LogP contribution in [0.5, 0.6) is 5.75 Å². The second-order valence-corrected chi connectivity index (χ2v) is 8.26. The van der Waals surface area contributed by atoms with Gasteiger partial charge in [0.1, 0.15) is 5.75 Å². The topological polar surface area (TPSA) is 18.5 Å². The first-order chi connectivity index (χ1) is 12.3. The Morgan fingerprint density at radius 3 is 2.16 bits per heavy atom. The van der Waals surface area contributed by atoms with Crippen LogP contribution in [0.4, 0.5) is 0 Å². The Bertz CT molecular complexity index is 479. The Morgan fingerprint density at radius 2 is 1.56 bits per heavy atom. The van der Waals surface area contributed by atoms with Gasteiger partial charge in [-0.15, -0.1) is 0 Å². The van der Waals surface area contributed by atoms with Gasteiger partial charge in [-0.2, -0.15) is 0 Å². The second-order valence-electron chi connectivity index (χ2n) is 8.26. The summed E-state index contributed by atoms with van der Waals surface area (Å²) in [6.45, 7) is 3.28. The number of benzene rings is 1. The molecule has 0 amide bonds. The Hall–Kier alpha value is -1.02. The molecular formula is C23H36O2. The number of rotatable bonds is 7. The SMILES string of the molecule is CCCC1CCC(CCC2CCC(c3ccc(OC)cc3)CC2)CO1. The smallest absolute Gasteiger partial charge is 0.118 e. The number of methoxy groups -OCH3 is 1. The summed E-state index contributed by atoms with van der Waals surface area (Å²) in [7, 11) is 1.74. The van der Waals surface area contributed by atoms with Crippen molar-refractivity contribution < 1.29 is 9.47 Å². The maximum atomic E-state index is 6.05. The monoisotopic (exact) mass is 344 g/mol. The van der Waals surface area contributed by atoms with E-state index in [1.807, 2.05) is 0 Å². The summed E-state index contributed by atoms with van der Waals surface area (Å²) in [5.74, 6) is 3.50. The van der Waals surface area contributed by atoms with E-state index in [0.717, 1.165) is 30.1 Å². The second kappa shape index (κ2) is 9.62. The van der Waals surface area contributed by atoms with Crippen molar-refractivity contribution in [2.45, 2.75) is 83.2 Å². The van der Waals surface area contributed by atoms with Crippen molar-refractivity contribution in [2.75, 3.05) is 13.7 Å². The molecule has 1 heterocycles. The van der Waals surface area contributed by atoms with Crippen LogP contribution < -0.4 is 4.74 Å². The summed E-state index contributed by atoms with van der Waals surface area (Å²) in [5.41, 5.74) is 1.50. The van der Waals surface area contributed by atoms with Gasteiger partial charge < -0.3 is 9.47 Å². The first kappa shape index (κ1) is 18.8. The van der Waals surface area contributed by atoms with Gasteiger partial charge in [-0.25, -0.2) is 0 Å². The standard InChI is InChI=1S/C23H36O2/c1-3-4-23-14-9-19(17-25-23)6-5-18-7-10-20(11-8-18)21-12-15-22(24-2)16-13-21/h12-13,15-16,18-20,23H,3-11,14,17H2,1-2H3. The predicted molar refractivity (Wildman–Crippen MR) is 104 cm³/mol. The molecule has 3 rings (SSSR count). The van der Waals surface area contributed by atoms with Crippen molar-refractivity contribution in [3.8, 4) is 5.75 Å². The van der Waals surface area contributed by atoms with Crippen LogP contribution in [0, 0.1) is 11.8 Å². The Labute approximate surface area is 154 Å². The molecule has 0 N–H and O–H groups in total. The lowest BCUT2D eigenvalue weighted by Gasteiger charge is -2.32. The Morgan fingerprint density at radius 1 is 0.880 bits per heavy atom. The molecule has 0 bridgehead atoms. The highest BCUT2D eigenvalue weighted by atomic mass is 16.5. The number of hydrogen-bond donors (Lipinski definition) is 0. The molecule has 1 saturated heterocycles. The number of hydrogen-bond acceptors (Lipinski definition) is 2. The van der Waals surface area contributed by atoms with E-state index in [1.165, 1.54) is 69.8 Å². The van der Waals surface area contributed by atoms with Crippen molar-refractivity contribution >= 4 is 0 Å². The summed E-state index contributed by atoms with van der Waals surface area (Å²) in [6, 6.07) is 8.73. The highest BCUT2D eigenvalue weighted by Crippen LogP contribution is 2.39. The van der Waals surface area contributed by atoms with Gasteiger partial charge in [-0.1, -0.05) is 31.9 Å². The minimum Gasteiger partial charge on any atom is -0.497 e. The normalized spacial score (nSPS) is 30.2. The van der Waals surface area contributed by atoms with Crippen LogP contribution in [-0.4, -0.2) is 19.8 Å². The largest absolute Gasteiger partial charge is 0.497 e. The third-order valence-corrected chi connectivity index (χ3v) is 6.49. The van der Waals surface area contributed by atoms with Crippen LogP contribution in [0.1, 0.15) is 82.6 Å². The highest BCUT2D eigenvalue weighted by molar-refractivity contribution is 5.29. The van der Waals surface area contributed by atoms with Crippen LogP contribution in [-0.2, 0) is 4.74 Å². The van der Waals surface area contributed by atoms with Crippen LogP contribution in [0.15, 0.2) is 24.3 Å². The van der Waals surface area contributed by atoms with Crippen molar-refractivity contribution in [3.63, 3.8) is 0 Å². The molecule has 0 spiro atoms. The van der Waals surface area contributed by atoms with E-state index >= 15 is 0 Å². The van der Waals surface area contributed by atoms with Crippen LogP contribution >= 0.6 is 0 Å². The molecular weight excluding hydrogens is 308 g/mol. The van der Waals surface area contributed by atoms with Gasteiger partial charge in [0.15, 0.2) is 0 Å².